The van der Waals surface area contributed by atoms with E-state index in [1.807, 2.05) is 0 Å². The molecule has 1 aromatic carbocycles. The molecule has 3 nitrogen and oxygen atoms in total. The summed E-state index contributed by atoms with van der Waals surface area (Å²) in [5, 5.41) is 19.2. The molecule has 0 aliphatic rings. The molecular formula is C12H18O3. The average Bonchev–Trinajstić information content (AvgIpc) is 2.24. The van der Waals surface area contributed by atoms with Crippen LogP contribution in [0.1, 0.15) is 37.9 Å². The molecule has 1 unspecified atom stereocenters. The van der Waals surface area contributed by atoms with Crippen LogP contribution in [0, 0.1) is 0 Å². The highest BCUT2D eigenvalue weighted by Crippen LogP contribution is 2.27. The molecule has 0 aliphatic carbocycles. The molecule has 84 valence electrons. The lowest BCUT2D eigenvalue weighted by molar-refractivity contribution is 0.163. The van der Waals surface area contributed by atoms with Gasteiger partial charge in [0.1, 0.15) is 11.5 Å². The number of aliphatic hydroxyl groups excluding tert-OH is 1. The number of phenolic OH excluding ortho intramolecular Hbond substituents is 1. The van der Waals surface area contributed by atoms with Gasteiger partial charge in [-0.1, -0.05) is 19.8 Å². The molecule has 0 radical (unpaired) electrons. The smallest absolute Gasteiger partial charge is 0.122 e. The summed E-state index contributed by atoms with van der Waals surface area (Å²) < 4.78 is 5.02. The van der Waals surface area contributed by atoms with Gasteiger partial charge in [0.15, 0.2) is 0 Å². The summed E-state index contributed by atoms with van der Waals surface area (Å²) >= 11 is 0. The normalized spacial score (nSPS) is 12.5. The molecule has 1 aromatic rings. The molecule has 0 fully saturated rings. The van der Waals surface area contributed by atoms with Crippen molar-refractivity contribution in [3.8, 4) is 11.5 Å². The molecule has 15 heavy (non-hydrogen) atoms. The quantitative estimate of drug-likeness (QED) is 0.785. The van der Waals surface area contributed by atoms with Gasteiger partial charge >= 0.3 is 0 Å². The van der Waals surface area contributed by atoms with Crippen LogP contribution in [0.25, 0.3) is 0 Å². The van der Waals surface area contributed by atoms with E-state index in [2.05, 4.69) is 6.92 Å². The summed E-state index contributed by atoms with van der Waals surface area (Å²) in [7, 11) is 1.54. The van der Waals surface area contributed by atoms with Crippen LogP contribution in [-0.2, 0) is 0 Å². The molecule has 0 spiro atoms. The molecular weight excluding hydrogens is 192 g/mol. The van der Waals surface area contributed by atoms with Crippen LogP contribution in [0.15, 0.2) is 18.2 Å². The van der Waals surface area contributed by atoms with Gasteiger partial charge in [-0.2, -0.15) is 0 Å². The Kier molecular flexibility index (Phi) is 4.43. The molecule has 1 rings (SSSR count). The van der Waals surface area contributed by atoms with Gasteiger partial charge in [-0.05, 0) is 24.1 Å². The van der Waals surface area contributed by atoms with Crippen molar-refractivity contribution >= 4 is 0 Å². The molecule has 0 aromatic heterocycles. The monoisotopic (exact) mass is 210 g/mol. The highest BCUT2D eigenvalue weighted by Gasteiger charge is 2.09. The Morgan fingerprint density at radius 2 is 2.07 bits per heavy atom. The van der Waals surface area contributed by atoms with Crippen LogP contribution in [0.2, 0.25) is 0 Å². The first-order valence-corrected chi connectivity index (χ1v) is 5.23. The number of benzene rings is 1. The minimum absolute atomic E-state index is 0.125. The van der Waals surface area contributed by atoms with Crippen molar-refractivity contribution in [2.24, 2.45) is 0 Å². The van der Waals surface area contributed by atoms with Crippen LogP contribution in [0.5, 0.6) is 11.5 Å². The Balaban J connectivity index is 2.78. The predicted octanol–water partition coefficient (Wildman–Crippen LogP) is 2.62. The van der Waals surface area contributed by atoms with Gasteiger partial charge in [-0.25, -0.2) is 0 Å². The van der Waals surface area contributed by atoms with Crippen LogP contribution in [-0.4, -0.2) is 17.3 Å². The van der Waals surface area contributed by atoms with E-state index in [0.717, 1.165) is 12.8 Å². The molecule has 3 heteroatoms. The number of methoxy groups -OCH3 is 1. The maximum absolute atomic E-state index is 9.83. The van der Waals surface area contributed by atoms with Gasteiger partial charge in [0.25, 0.3) is 0 Å². The minimum atomic E-state index is -0.522. The first-order valence-electron chi connectivity index (χ1n) is 5.23. The predicted molar refractivity (Wildman–Crippen MR) is 59.1 cm³/mol. The highest BCUT2D eigenvalue weighted by atomic mass is 16.5. The van der Waals surface area contributed by atoms with Gasteiger partial charge in [0.05, 0.1) is 13.2 Å². The minimum Gasteiger partial charge on any atom is -0.508 e. The summed E-state index contributed by atoms with van der Waals surface area (Å²) in [5.41, 5.74) is 0.709. The van der Waals surface area contributed by atoms with E-state index in [1.165, 1.54) is 13.2 Å². The second kappa shape index (κ2) is 5.61. The Morgan fingerprint density at radius 3 is 2.67 bits per heavy atom. The van der Waals surface area contributed by atoms with E-state index in [-0.39, 0.29) is 5.75 Å². The lowest BCUT2D eigenvalue weighted by atomic mass is 10.0. The van der Waals surface area contributed by atoms with Crippen molar-refractivity contribution in [1.29, 1.82) is 0 Å². The van der Waals surface area contributed by atoms with E-state index in [4.69, 9.17) is 4.74 Å². The topological polar surface area (TPSA) is 49.7 Å². The Hall–Kier alpha value is -1.22. The lowest BCUT2D eigenvalue weighted by Gasteiger charge is -2.12. The maximum atomic E-state index is 9.83. The Labute approximate surface area is 90.3 Å². The number of rotatable bonds is 5. The first kappa shape index (κ1) is 11.9. The molecule has 0 saturated carbocycles. The number of aliphatic hydroxyl groups is 1. The third-order valence-electron chi connectivity index (χ3n) is 2.37. The lowest BCUT2D eigenvalue weighted by Crippen LogP contribution is -1.97. The van der Waals surface area contributed by atoms with Crippen molar-refractivity contribution in [3.63, 3.8) is 0 Å². The molecule has 0 saturated heterocycles. The molecule has 2 N–H and O–H groups in total. The Bertz CT molecular complexity index is 310. The zero-order chi connectivity index (χ0) is 11.3. The van der Waals surface area contributed by atoms with Gasteiger partial charge < -0.3 is 14.9 Å². The van der Waals surface area contributed by atoms with Crippen LogP contribution in [0.3, 0.4) is 0 Å². The maximum Gasteiger partial charge on any atom is 0.122 e. The number of ether oxygens (including phenoxy) is 1. The summed E-state index contributed by atoms with van der Waals surface area (Å²) in [6.07, 6.45) is 2.21. The second-order valence-electron chi connectivity index (χ2n) is 3.62. The third-order valence-corrected chi connectivity index (χ3v) is 2.37. The fourth-order valence-electron chi connectivity index (χ4n) is 1.48. The zero-order valence-corrected chi connectivity index (χ0v) is 9.23. The van der Waals surface area contributed by atoms with Gasteiger partial charge in [-0.3, -0.25) is 0 Å². The summed E-state index contributed by atoms with van der Waals surface area (Å²) in [6, 6.07) is 4.85. The highest BCUT2D eigenvalue weighted by molar-refractivity contribution is 5.38. The fourth-order valence-corrected chi connectivity index (χ4v) is 1.48. The first-order chi connectivity index (χ1) is 7.17. The molecule has 0 heterocycles. The fraction of sp³-hybridized carbons (Fsp3) is 0.500. The molecule has 0 bridgehead atoms. The Morgan fingerprint density at radius 1 is 1.33 bits per heavy atom. The van der Waals surface area contributed by atoms with Crippen molar-refractivity contribution in [1.82, 2.24) is 0 Å². The molecule has 1 atom stereocenters. The van der Waals surface area contributed by atoms with Crippen molar-refractivity contribution in [2.45, 2.75) is 32.3 Å². The van der Waals surface area contributed by atoms with E-state index in [0.29, 0.717) is 17.7 Å². The van der Waals surface area contributed by atoms with Crippen molar-refractivity contribution in [3.05, 3.63) is 23.8 Å². The largest absolute Gasteiger partial charge is 0.508 e. The molecule has 0 aliphatic heterocycles. The average molecular weight is 210 g/mol. The van der Waals surface area contributed by atoms with E-state index < -0.39 is 6.10 Å². The SMILES string of the molecule is CCCCC(O)c1cc(O)cc(OC)c1. The van der Waals surface area contributed by atoms with Gasteiger partial charge in [0.2, 0.25) is 0 Å². The van der Waals surface area contributed by atoms with Gasteiger partial charge in [-0.15, -0.1) is 0 Å². The van der Waals surface area contributed by atoms with Crippen molar-refractivity contribution in [2.75, 3.05) is 7.11 Å². The number of phenols is 1. The summed E-state index contributed by atoms with van der Waals surface area (Å²) in [6.45, 7) is 2.08. The number of unbranched alkanes of at least 4 members (excludes halogenated alkanes) is 1. The van der Waals surface area contributed by atoms with Crippen LogP contribution < -0.4 is 4.74 Å². The third kappa shape index (κ3) is 3.44. The van der Waals surface area contributed by atoms with Gasteiger partial charge in [0, 0.05) is 6.07 Å². The van der Waals surface area contributed by atoms with E-state index >= 15 is 0 Å². The zero-order valence-electron chi connectivity index (χ0n) is 9.23. The van der Waals surface area contributed by atoms with Crippen LogP contribution in [0.4, 0.5) is 0 Å². The number of hydrogen-bond acceptors (Lipinski definition) is 3. The van der Waals surface area contributed by atoms with E-state index in [1.54, 1.807) is 12.1 Å². The number of aromatic hydroxyl groups is 1. The second-order valence-corrected chi connectivity index (χ2v) is 3.62. The summed E-state index contributed by atoms with van der Waals surface area (Å²) in [4.78, 5) is 0. The van der Waals surface area contributed by atoms with Crippen LogP contribution >= 0.6 is 0 Å². The van der Waals surface area contributed by atoms with E-state index in [9.17, 15) is 10.2 Å². The summed E-state index contributed by atoms with van der Waals surface area (Å²) in [5.74, 6) is 0.695. The van der Waals surface area contributed by atoms with Crippen molar-refractivity contribution < 1.29 is 14.9 Å². The number of hydrogen-bond donors (Lipinski definition) is 2. The molecule has 0 amide bonds. The standard InChI is InChI=1S/C12H18O3/c1-3-4-5-12(14)9-6-10(13)8-11(7-9)15-2/h6-8,12-14H,3-5H2,1-2H3.